The number of benzene rings is 2. The third kappa shape index (κ3) is 2.97. The zero-order valence-electron chi connectivity index (χ0n) is 11.8. The summed E-state index contributed by atoms with van der Waals surface area (Å²) in [7, 11) is 1.98. The molecule has 1 aliphatic rings. The first-order chi connectivity index (χ1) is 10.2. The normalized spacial score (nSPS) is 16.8. The zero-order valence-corrected chi connectivity index (χ0v) is 13.4. The van der Waals surface area contributed by atoms with Crippen molar-refractivity contribution in [3.63, 3.8) is 0 Å². The number of fused-ring (bicyclic) bond motifs is 1. The fraction of sp³-hybridized carbons (Fsp3) is 0.294. The molecule has 3 rings (SSSR count). The summed E-state index contributed by atoms with van der Waals surface area (Å²) >= 11 is 3.36. The summed E-state index contributed by atoms with van der Waals surface area (Å²) in [5.74, 6) is 0.628. The number of nitrogens with one attached hydrogen (secondary N) is 1. The molecule has 110 valence electrons. The van der Waals surface area contributed by atoms with E-state index in [4.69, 9.17) is 4.74 Å². The lowest BCUT2D eigenvalue weighted by Gasteiger charge is -2.13. The molecule has 0 bridgehead atoms. The van der Waals surface area contributed by atoms with Gasteiger partial charge < -0.3 is 10.1 Å². The molecule has 0 aromatic heterocycles. The lowest BCUT2D eigenvalue weighted by Crippen LogP contribution is -2.12. The molecule has 1 atom stereocenters. The molecule has 2 aromatic rings. The van der Waals surface area contributed by atoms with Gasteiger partial charge in [-0.2, -0.15) is 0 Å². The molecule has 0 heterocycles. The second-order valence-corrected chi connectivity index (χ2v) is 6.14. The topological polar surface area (TPSA) is 21.3 Å². The maximum Gasteiger partial charge on any atom is 0.129 e. The van der Waals surface area contributed by atoms with E-state index in [0.717, 1.165) is 23.1 Å². The number of rotatable bonds is 4. The SMILES string of the molecule is CNC1CCc2c(OCc3cc(Br)ccc3F)cccc21. The van der Waals surface area contributed by atoms with E-state index in [1.165, 1.54) is 17.2 Å². The highest BCUT2D eigenvalue weighted by atomic mass is 79.9. The first-order valence-corrected chi connectivity index (χ1v) is 7.84. The highest BCUT2D eigenvalue weighted by Gasteiger charge is 2.23. The molecule has 0 amide bonds. The maximum absolute atomic E-state index is 13.8. The Balaban J connectivity index is 1.80. The van der Waals surface area contributed by atoms with E-state index in [9.17, 15) is 4.39 Å². The van der Waals surface area contributed by atoms with E-state index in [1.54, 1.807) is 12.1 Å². The molecular formula is C17H17BrFNO. The molecule has 1 N–H and O–H groups in total. The molecule has 0 spiro atoms. The van der Waals surface area contributed by atoms with Crippen molar-refractivity contribution in [1.82, 2.24) is 5.32 Å². The van der Waals surface area contributed by atoms with Crippen LogP contribution in [0.4, 0.5) is 4.39 Å². The quantitative estimate of drug-likeness (QED) is 0.884. The van der Waals surface area contributed by atoms with Gasteiger partial charge in [-0.25, -0.2) is 4.39 Å². The second kappa shape index (κ2) is 6.16. The zero-order chi connectivity index (χ0) is 14.8. The van der Waals surface area contributed by atoms with Crippen LogP contribution in [-0.2, 0) is 13.0 Å². The van der Waals surface area contributed by atoms with E-state index in [1.807, 2.05) is 19.2 Å². The van der Waals surface area contributed by atoms with E-state index in [-0.39, 0.29) is 12.4 Å². The van der Waals surface area contributed by atoms with Gasteiger partial charge in [-0.3, -0.25) is 0 Å². The third-order valence-electron chi connectivity index (χ3n) is 3.97. The van der Waals surface area contributed by atoms with Crippen molar-refractivity contribution < 1.29 is 9.13 Å². The molecule has 0 fully saturated rings. The van der Waals surface area contributed by atoms with Gasteiger partial charge in [0.2, 0.25) is 0 Å². The molecule has 2 nitrogen and oxygen atoms in total. The van der Waals surface area contributed by atoms with Crippen LogP contribution in [0.25, 0.3) is 0 Å². The molecule has 0 radical (unpaired) electrons. The highest BCUT2D eigenvalue weighted by molar-refractivity contribution is 9.10. The Morgan fingerprint density at radius 1 is 1.33 bits per heavy atom. The molecule has 1 unspecified atom stereocenters. The van der Waals surface area contributed by atoms with E-state index in [0.29, 0.717) is 11.6 Å². The summed E-state index contributed by atoms with van der Waals surface area (Å²) < 4.78 is 20.5. The van der Waals surface area contributed by atoms with Crippen LogP contribution in [0.15, 0.2) is 40.9 Å². The van der Waals surface area contributed by atoms with Crippen LogP contribution in [0.2, 0.25) is 0 Å². The van der Waals surface area contributed by atoms with Crippen LogP contribution < -0.4 is 10.1 Å². The van der Waals surface area contributed by atoms with Crippen LogP contribution >= 0.6 is 15.9 Å². The highest BCUT2D eigenvalue weighted by Crippen LogP contribution is 2.37. The van der Waals surface area contributed by atoms with Gasteiger partial charge in [0.25, 0.3) is 0 Å². The van der Waals surface area contributed by atoms with Gasteiger partial charge in [0, 0.05) is 16.1 Å². The average Bonchev–Trinajstić information content (AvgIpc) is 2.92. The van der Waals surface area contributed by atoms with E-state index >= 15 is 0 Å². The molecule has 1 aliphatic carbocycles. The largest absolute Gasteiger partial charge is 0.489 e. The van der Waals surface area contributed by atoms with Gasteiger partial charge in [0.15, 0.2) is 0 Å². The standard InChI is InChI=1S/C17H17BrFNO/c1-20-16-8-6-14-13(16)3-2-4-17(14)21-10-11-9-12(18)5-7-15(11)19/h2-5,7,9,16,20H,6,8,10H2,1H3. The fourth-order valence-electron chi connectivity index (χ4n) is 2.87. The molecule has 2 aromatic carbocycles. The monoisotopic (exact) mass is 349 g/mol. The van der Waals surface area contributed by atoms with E-state index in [2.05, 4.69) is 27.3 Å². The van der Waals surface area contributed by atoms with Gasteiger partial charge in [0.1, 0.15) is 18.2 Å². The Labute approximate surface area is 132 Å². The number of hydrogen-bond acceptors (Lipinski definition) is 2. The molecule has 0 saturated heterocycles. The van der Waals surface area contributed by atoms with Crippen molar-refractivity contribution in [3.8, 4) is 5.75 Å². The Kier molecular flexibility index (Phi) is 4.27. The van der Waals surface area contributed by atoms with Crippen molar-refractivity contribution in [2.24, 2.45) is 0 Å². The van der Waals surface area contributed by atoms with Crippen molar-refractivity contribution in [3.05, 3.63) is 63.4 Å². The van der Waals surface area contributed by atoms with Crippen LogP contribution in [0, 0.1) is 5.82 Å². The summed E-state index contributed by atoms with van der Waals surface area (Å²) in [5, 5.41) is 3.32. The van der Waals surface area contributed by atoms with Crippen LogP contribution in [0.3, 0.4) is 0 Å². The van der Waals surface area contributed by atoms with Crippen molar-refractivity contribution >= 4 is 15.9 Å². The lowest BCUT2D eigenvalue weighted by atomic mass is 10.1. The van der Waals surface area contributed by atoms with E-state index < -0.39 is 0 Å². The third-order valence-corrected chi connectivity index (χ3v) is 4.46. The van der Waals surface area contributed by atoms with Crippen LogP contribution in [0.1, 0.15) is 29.2 Å². The van der Waals surface area contributed by atoms with Crippen LogP contribution in [-0.4, -0.2) is 7.05 Å². The van der Waals surface area contributed by atoms with Gasteiger partial charge in [0.05, 0.1) is 0 Å². The smallest absolute Gasteiger partial charge is 0.129 e. The second-order valence-electron chi connectivity index (χ2n) is 5.23. The molecular weight excluding hydrogens is 333 g/mol. The summed E-state index contributed by atoms with van der Waals surface area (Å²) in [6.45, 7) is 0.242. The molecule has 0 aliphatic heterocycles. The molecule has 0 saturated carbocycles. The van der Waals surface area contributed by atoms with Crippen molar-refractivity contribution in [2.75, 3.05) is 7.05 Å². The van der Waals surface area contributed by atoms with Gasteiger partial charge in [-0.1, -0.05) is 28.1 Å². The number of hydrogen-bond donors (Lipinski definition) is 1. The predicted molar refractivity (Wildman–Crippen MR) is 85.0 cm³/mol. The summed E-state index contributed by atoms with van der Waals surface area (Å²) in [6, 6.07) is 11.4. The Bertz CT molecular complexity index is 659. The number of ether oxygens (including phenoxy) is 1. The number of halogens is 2. The molecule has 4 heteroatoms. The van der Waals surface area contributed by atoms with Gasteiger partial charge in [-0.15, -0.1) is 0 Å². The van der Waals surface area contributed by atoms with Gasteiger partial charge >= 0.3 is 0 Å². The maximum atomic E-state index is 13.8. The Morgan fingerprint density at radius 3 is 3.00 bits per heavy atom. The Hall–Kier alpha value is -1.39. The van der Waals surface area contributed by atoms with Crippen LogP contribution in [0.5, 0.6) is 5.75 Å². The van der Waals surface area contributed by atoms with Gasteiger partial charge in [-0.05, 0) is 55.3 Å². The first-order valence-electron chi connectivity index (χ1n) is 7.05. The minimum Gasteiger partial charge on any atom is -0.489 e. The minimum absolute atomic E-state index is 0.237. The van der Waals surface area contributed by atoms with Crippen molar-refractivity contribution in [1.29, 1.82) is 0 Å². The summed E-state index contributed by atoms with van der Waals surface area (Å²) in [5.41, 5.74) is 3.10. The fourth-order valence-corrected chi connectivity index (χ4v) is 3.27. The van der Waals surface area contributed by atoms with Crippen molar-refractivity contribution in [2.45, 2.75) is 25.5 Å². The molecule has 21 heavy (non-hydrogen) atoms. The lowest BCUT2D eigenvalue weighted by molar-refractivity contribution is 0.297. The first kappa shape index (κ1) is 14.5. The summed E-state index contributed by atoms with van der Waals surface area (Å²) in [6.07, 6.45) is 2.08. The Morgan fingerprint density at radius 2 is 2.19 bits per heavy atom. The predicted octanol–water partition coefficient (Wildman–Crippen LogP) is 4.37. The minimum atomic E-state index is -0.237. The summed E-state index contributed by atoms with van der Waals surface area (Å²) in [4.78, 5) is 0. The average molecular weight is 350 g/mol.